The first kappa shape index (κ1) is 21.8. The van der Waals surface area contributed by atoms with Crippen molar-refractivity contribution in [3.8, 4) is 0 Å². The zero-order chi connectivity index (χ0) is 23.0. The van der Waals surface area contributed by atoms with Crippen LogP contribution in [0.4, 0.5) is 13.2 Å². The van der Waals surface area contributed by atoms with Crippen LogP contribution in [0.15, 0.2) is 35.1 Å². The van der Waals surface area contributed by atoms with E-state index in [1.807, 2.05) is 23.1 Å². The Morgan fingerprint density at radius 2 is 1.88 bits per heavy atom. The van der Waals surface area contributed by atoms with E-state index >= 15 is 0 Å². The topological polar surface area (TPSA) is 111 Å². The van der Waals surface area contributed by atoms with E-state index < -0.39 is 12.1 Å². The number of alkyl halides is 3. The highest BCUT2D eigenvalue weighted by atomic mass is 19.4. The van der Waals surface area contributed by atoms with Crippen LogP contribution in [0.1, 0.15) is 23.3 Å². The average molecular weight is 451 g/mol. The van der Waals surface area contributed by atoms with Crippen LogP contribution in [0, 0.1) is 0 Å². The van der Waals surface area contributed by atoms with Crippen LogP contribution < -0.4 is 5.56 Å². The molecular weight excluding hydrogens is 431 g/mol. The van der Waals surface area contributed by atoms with Crippen molar-refractivity contribution in [3.05, 3.63) is 46.4 Å². The summed E-state index contributed by atoms with van der Waals surface area (Å²) < 4.78 is 33.4. The Morgan fingerprint density at radius 3 is 2.59 bits per heavy atom. The first-order valence-corrected chi connectivity index (χ1v) is 9.99. The summed E-state index contributed by atoms with van der Waals surface area (Å²) >= 11 is 0. The molecule has 0 unspecified atom stereocenters. The number of carboxylic acids is 1. The number of nitrogens with zero attached hydrogens (tertiary/aromatic N) is 4. The van der Waals surface area contributed by atoms with Crippen LogP contribution in [0.5, 0.6) is 0 Å². The summed E-state index contributed by atoms with van der Waals surface area (Å²) in [6, 6.07) is 9.45. The van der Waals surface area contributed by atoms with Gasteiger partial charge >= 0.3 is 12.1 Å². The van der Waals surface area contributed by atoms with E-state index in [0.717, 1.165) is 32.6 Å². The minimum Gasteiger partial charge on any atom is -0.475 e. The average Bonchev–Trinajstić information content (AvgIpc) is 3.39. The van der Waals surface area contributed by atoms with Crippen molar-refractivity contribution < 1.29 is 27.9 Å². The summed E-state index contributed by atoms with van der Waals surface area (Å²) in [6.45, 7) is 3.59. The Balaban J connectivity index is 0.000000307. The maximum Gasteiger partial charge on any atom is 0.490 e. The fourth-order valence-corrected chi connectivity index (χ4v) is 4.13. The van der Waals surface area contributed by atoms with Crippen molar-refractivity contribution in [2.45, 2.75) is 25.1 Å². The van der Waals surface area contributed by atoms with Crippen molar-refractivity contribution in [3.63, 3.8) is 0 Å². The van der Waals surface area contributed by atoms with Gasteiger partial charge in [-0.3, -0.25) is 14.5 Å². The maximum atomic E-state index is 12.9. The number of carbonyl (C=O) groups is 2. The molecule has 1 amide bonds. The number of carboxylic acid groups (broad SMARTS) is 1. The quantitative estimate of drug-likeness (QED) is 0.583. The van der Waals surface area contributed by atoms with Gasteiger partial charge in [0, 0.05) is 31.7 Å². The molecule has 32 heavy (non-hydrogen) atoms. The van der Waals surface area contributed by atoms with Crippen LogP contribution in [0.3, 0.4) is 0 Å². The lowest BCUT2D eigenvalue weighted by Crippen LogP contribution is -2.52. The summed E-state index contributed by atoms with van der Waals surface area (Å²) in [4.78, 5) is 41.2. The number of hydrogen-bond acceptors (Lipinski definition) is 5. The number of halogens is 3. The number of amides is 1. The van der Waals surface area contributed by atoms with Gasteiger partial charge in [-0.15, -0.1) is 0 Å². The summed E-state index contributed by atoms with van der Waals surface area (Å²) in [7, 11) is 0. The molecule has 2 aliphatic rings. The molecule has 5 rings (SSSR count). The molecule has 170 valence electrons. The molecule has 0 saturated carbocycles. The van der Waals surface area contributed by atoms with E-state index in [1.165, 1.54) is 6.42 Å². The number of benzene rings is 1. The zero-order valence-corrected chi connectivity index (χ0v) is 16.8. The highest BCUT2D eigenvalue weighted by Gasteiger charge is 2.38. The lowest BCUT2D eigenvalue weighted by atomic mass is 10.1. The molecule has 1 aromatic carbocycles. The Morgan fingerprint density at radius 1 is 1.16 bits per heavy atom. The first-order chi connectivity index (χ1) is 15.1. The number of aromatic nitrogens is 3. The zero-order valence-electron chi connectivity index (χ0n) is 16.8. The number of aliphatic carboxylic acids is 1. The van der Waals surface area contributed by atoms with Crippen LogP contribution in [0.25, 0.3) is 16.6 Å². The Hall–Kier alpha value is -3.41. The van der Waals surface area contributed by atoms with Crippen LogP contribution >= 0.6 is 0 Å². The van der Waals surface area contributed by atoms with E-state index in [9.17, 15) is 22.8 Å². The molecule has 4 heterocycles. The predicted molar refractivity (Wildman–Crippen MR) is 108 cm³/mol. The molecular formula is C20H20F3N5O4. The van der Waals surface area contributed by atoms with Crippen molar-refractivity contribution >= 4 is 28.4 Å². The smallest absolute Gasteiger partial charge is 0.475 e. The van der Waals surface area contributed by atoms with Crippen LogP contribution in [-0.4, -0.2) is 79.8 Å². The number of para-hydroxylation sites is 1. The third-order valence-corrected chi connectivity index (χ3v) is 5.66. The lowest BCUT2D eigenvalue weighted by Gasteiger charge is -2.37. The van der Waals surface area contributed by atoms with Crippen molar-refractivity contribution in [1.29, 1.82) is 0 Å². The Labute approximate surface area is 179 Å². The summed E-state index contributed by atoms with van der Waals surface area (Å²) in [5.74, 6) is -2.81. The molecule has 2 aliphatic heterocycles. The molecule has 3 aromatic rings. The molecule has 0 bridgehead atoms. The SMILES string of the molecule is O=C(O)C(F)(F)F.O=C(c1cc2[nH]c(=O)c3ccccc3n2n1)N1CCN2CCC[C@H]2C1. The van der Waals surface area contributed by atoms with Gasteiger partial charge in [-0.1, -0.05) is 12.1 Å². The molecule has 2 fully saturated rings. The maximum absolute atomic E-state index is 12.9. The Bertz CT molecular complexity index is 1240. The van der Waals surface area contributed by atoms with Crippen molar-refractivity contribution in [2.75, 3.05) is 26.2 Å². The monoisotopic (exact) mass is 451 g/mol. The molecule has 0 radical (unpaired) electrons. The number of nitrogens with one attached hydrogen (secondary N) is 1. The summed E-state index contributed by atoms with van der Waals surface area (Å²) in [5.41, 5.74) is 1.48. The molecule has 9 nitrogen and oxygen atoms in total. The van der Waals surface area contributed by atoms with E-state index in [4.69, 9.17) is 9.90 Å². The number of fused-ring (bicyclic) bond motifs is 4. The molecule has 2 N–H and O–H groups in total. The van der Waals surface area contributed by atoms with Crippen molar-refractivity contribution in [2.24, 2.45) is 0 Å². The highest BCUT2D eigenvalue weighted by Crippen LogP contribution is 2.23. The van der Waals surface area contributed by atoms with Gasteiger partial charge < -0.3 is 15.0 Å². The van der Waals surface area contributed by atoms with E-state index in [-0.39, 0.29) is 11.5 Å². The second-order valence-corrected chi connectivity index (χ2v) is 7.68. The third kappa shape index (κ3) is 4.17. The molecule has 2 saturated heterocycles. The second-order valence-electron chi connectivity index (χ2n) is 7.68. The lowest BCUT2D eigenvalue weighted by molar-refractivity contribution is -0.192. The molecule has 2 aromatic heterocycles. The number of hydrogen-bond donors (Lipinski definition) is 2. The first-order valence-electron chi connectivity index (χ1n) is 9.99. The molecule has 0 aliphatic carbocycles. The van der Waals surface area contributed by atoms with Crippen LogP contribution in [-0.2, 0) is 4.79 Å². The van der Waals surface area contributed by atoms with Crippen LogP contribution in [0.2, 0.25) is 0 Å². The van der Waals surface area contributed by atoms with E-state index in [1.54, 1.807) is 16.6 Å². The number of H-pyrrole nitrogens is 1. The molecule has 1 atom stereocenters. The fraction of sp³-hybridized carbons (Fsp3) is 0.400. The number of piperazine rings is 1. The van der Waals surface area contributed by atoms with Gasteiger partial charge in [-0.2, -0.15) is 18.3 Å². The molecule has 0 spiro atoms. The summed E-state index contributed by atoms with van der Waals surface area (Å²) in [5, 5.41) is 12.2. The molecule has 12 heteroatoms. The van der Waals surface area contributed by atoms with Gasteiger partial charge in [-0.25, -0.2) is 9.31 Å². The number of carbonyl (C=O) groups excluding carboxylic acids is 1. The predicted octanol–water partition coefficient (Wildman–Crippen LogP) is 1.73. The Kier molecular flexibility index (Phi) is 5.63. The summed E-state index contributed by atoms with van der Waals surface area (Å²) in [6.07, 6.45) is -2.71. The van der Waals surface area contributed by atoms with Gasteiger partial charge in [0.1, 0.15) is 5.65 Å². The standard InChI is InChI=1S/C18H19N5O2.C2HF3O2/c24-17-13-5-1-2-6-15(13)23-16(19-17)10-14(20-23)18(25)22-9-8-21-7-3-4-12(21)11-22;3-2(4,5)1(6)7/h1-2,5-6,10,12H,3-4,7-9,11H2,(H,19,24);(H,6,7)/t12-;/m0./s1. The third-order valence-electron chi connectivity index (χ3n) is 5.66. The second kappa shape index (κ2) is 8.26. The van der Waals surface area contributed by atoms with Gasteiger partial charge in [0.15, 0.2) is 5.69 Å². The van der Waals surface area contributed by atoms with E-state index in [0.29, 0.717) is 28.3 Å². The van der Waals surface area contributed by atoms with Gasteiger partial charge in [-0.05, 0) is 31.5 Å². The normalized spacial score (nSPS) is 19.0. The number of rotatable bonds is 1. The highest BCUT2D eigenvalue weighted by molar-refractivity contribution is 5.94. The van der Waals surface area contributed by atoms with Gasteiger partial charge in [0.25, 0.3) is 11.5 Å². The number of aromatic amines is 1. The van der Waals surface area contributed by atoms with E-state index in [2.05, 4.69) is 15.0 Å². The largest absolute Gasteiger partial charge is 0.490 e. The minimum absolute atomic E-state index is 0.0554. The van der Waals surface area contributed by atoms with Gasteiger partial charge in [0.2, 0.25) is 0 Å². The minimum atomic E-state index is -5.08. The van der Waals surface area contributed by atoms with Gasteiger partial charge in [0.05, 0.1) is 10.9 Å². The van der Waals surface area contributed by atoms with Crippen molar-refractivity contribution in [1.82, 2.24) is 24.4 Å². The fourth-order valence-electron chi connectivity index (χ4n) is 4.13.